The molecule has 0 radical (unpaired) electrons. The predicted octanol–water partition coefficient (Wildman–Crippen LogP) is 1.58. The van der Waals surface area contributed by atoms with E-state index in [1.807, 2.05) is 0 Å². The number of esters is 1. The van der Waals surface area contributed by atoms with Crippen molar-refractivity contribution in [3.63, 3.8) is 0 Å². The van der Waals surface area contributed by atoms with Gasteiger partial charge < -0.3 is 9.64 Å². The summed E-state index contributed by atoms with van der Waals surface area (Å²) in [5, 5.41) is 11.2. The molecule has 3 rings (SSSR count). The highest BCUT2D eigenvalue weighted by Gasteiger charge is 2.42. The van der Waals surface area contributed by atoms with Crippen LogP contribution >= 0.6 is 11.6 Å². The van der Waals surface area contributed by atoms with E-state index in [-0.39, 0.29) is 28.1 Å². The fourth-order valence-corrected chi connectivity index (χ4v) is 5.05. The van der Waals surface area contributed by atoms with Gasteiger partial charge in [-0.25, -0.2) is 13.2 Å². The number of nitro groups is 1. The molecular weight excluding hydrogens is 400 g/mol. The van der Waals surface area contributed by atoms with Gasteiger partial charge in [-0.2, -0.15) is 0 Å². The second-order valence-corrected chi connectivity index (χ2v) is 9.25. The summed E-state index contributed by atoms with van der Waals surface area (Å²) in [7, 11) is -3.17. The molecular formula is C16H17ClN2O7S. The third kappa shape index (κ3) is 4.56. The van der Waals surface area contributed by atoms with Crippen LogP contribution in [0.1, 0.15) is 29.6 Å². The molecule has 1 aromatic rings. The van der Waals surface area contributed by atoms with Gasteiger partial charge >= 0.3 is 5.97 Å². The number of benzene rings is 1. The first-order valence-electron chi connectivity index (χ1n) is 8.30. The van der Waals surface area contributed by atoms with Crippen LogP contribution in [0.3, 0.4) is 0 Å². The van der Waals surface area contributed by atoms with Crippen LogP contribution < -0.4 is 0 Å². The molecule has 0 spiro atoms. The first kappa shape index (κ1) is 19.6. The summed E-state index contributed by atoms with van der Waals surface area (Å²) in [4.78, 5) is 36.5. The minimum atomic E-state index is -3.17. The molecule has 2 aliphatic rings. The van der Waals surface area contributed by atoms with Crippen LogP contribution in [0, 0.1) is 10.1 Å². The Morgan fingerprint density at radius 3 is 2.52 bits per heavy atom. The number of carbonyl (C=O) groups excluding carboxylic acids is 2. The highest BCUT2D eigenvalue weighted by Crippen LogP contribution is 2.32. The Hall–Kier alpha value is -2.20. The van der Waals surface area contributed by atoms with Gasteiger partial charge in [0.25, 0.3) is 11.6 Å². The first-order chi connectivity index (χ1) is 12.7. The maximum absolute atomic E-state index is 12.5. The second-order valence-electron chi connectivity index (χ2n) is 6.58. The highest BCUT2D eigenvalue weighted by molar-refractivity contribution is 7.91. The minimum absolute atomic E-state index is 0.0304. The van der Waals surface area contributed by atoms with Crippen LogP contribution in [-0.4, -0.2) is 60.3 Å². The molecule has 1 amide bonds. The number of nitro benzene ring substituents is 1. The molecule has 1 saturated heterocycles. The van der Waals surface area contributed by atoms with Crippen LogP contribution in [0.15, 0.2) is 18.2 Å². The van der Waals surface area contributed by atoms with Crippen molar-refractivity contribution in [1.82, 2.24) is 4.90 Å². The standard InChI is InChI=1S/C16H17ClN2O7S/c17-10-1-4-14(19(22)23)13(7-10)16(21)26-8-15(20)18(11-2-3-11)12-5-6-27(24,25)9-12/h1,4,7,11-12H,2-3,5-6,8-9H2/t12-/m0/s1. The molecule has 1 atom stereocenters. The zero-order valence-corrected chi connectivity index (χ0v) is 15.7. The van der Waals surface area contributed by atoms with Crippen molar-refractivity contribution in [2.24, 2.45) is 0 Å². The molecule has 0 bridgehead atoms. The van der Waals surface area contributed by atoms with E-state index in [1.54, 1.807) is 0 Å². The fourth-order valence-electron chi connectivity index (χ4n) is 3.16. The number of carbonyl (C=O) groups is 2. The molecule has 1 saturated carbocycles. The molecule has 1 aliphatic heterocycles. The number of hydrogen-bond donors (Lipinski definition) is 0. The first-order valence-corrected chi connectivity index (χ1v) is 10.5. The molecule has 1 heterocycles. The highest BCUT2D eigenvalue weighted by atomic mass is 35.5. The normalized spacial score (nSPS) is 20.9. The number of ether oxygens (including phenoxy) is 1. The Kier molecular flexibility index (Phi) is 5.38. The molecule has 146 valence electrons. The Morgan fingerprint density at radius 2 is 1.96 bits per heavy atom. The largest absolute Gasteiger partial charge is 0.452 e. The second kappa shape index (κ2) is 7.43. The lowest BCUT2D eigenvalue weighted by molar-refractivity contribution is -0.385. The lowest BCUT2D eigenvalue weighted by Crippen LogP contribution is -2.44. The molecule has 11 heteroatoms. The Balaban J connectivity index is 1.68. The van der Waals surface area contributed by atoms with Crippen LogP contribution in [-0.2, 0) is 19.4 Å². The Labute approximate surface area is 160 Å². The number of rotatable bonds is 6. The molecule has 0 N–H and O–H groups in total. The number of hydrogen-bond acceptors (Lipinski definition) is 7. The van der Waals surface area contributed by atoms with Crippen LogP contribution in [0.25, 0.3) is 0 Å². The number of amides is 1. The summed E-state index contributed by atoms with van der Waals surface area (Å²) in [5.41, 5.74) is -0.820. The van der Waals surface area contributed by atoms with Crippen molar-refractivity contribution in [1.29, 1.82) is 0 Å². The van der Waals surface area contributed by atoms with Gasteiger partial charge in [-0.05, 0) is 31.4 Å². The van der Waals surface area contributed by atoms with Gasteiger partial charge in [0.05, 0.1) is 16.4 Å². The van der Waals surface area contributed by atoms with Crippen molar-refractivity contribution in [3.05, 3.63) is 38.9 Å². The lowest BCUT2D eigenvalue weighted by Gasteiger charge is -2.28. The lowest BCUT2D eigenvalue weighted by atomic mass is 10.2. The average molecular weight is 417 g/mol. The van der Waals surface area contributed by atoms with Gasteiger partial charge in [-0.3, -0.25) is 14.9 Å². The molecule has 27 heavy (non-hydrogen) atoms. The summed E-state index contributed by atoms with van der Waals surface area (Å²) in [5.74, 6) is -1.60. The van der Waals surface area contributed by atoms with E-state index in [4.69, 9.17) is 16.3 Å². The van der Waals surface area contributed by atoms with E-state index in [9.17, 15) is 28.1 Å². The van der Waals surface area contributed by atoms with Crippen molar-refractivity contribution < 1.29 is 27.7 Å². The van der Waals surface area contributed by atoms with E-state index in [0.717, 1.165) is 25.0 Å². The van der Waals surface area contributed by atoms with Crippen molar-refractivity contribution in [3.8, 4) is 0 Å². The third-order valence-electron chi connectivity index (χ3n) is 4.53. The SMILES string of the molecule is O=C(OCC(=O)N(C1CC1)[C@H]1CCS(=O)(=O)C1)c1cc(Cl)ccc1[N+](=O)[O-]. The van der Waals surface area contributed by atoms with Crippen molar-refractivity contribution in [2.75, 3.05) is 18.1 Å². The summed E-state index contributed by atoms with van der Waals surface area (Å²) in [6.45, 7) is -0.616. The molecule has 1 aromatic carbocycles. The number of sulfone groups is 1. The van der Waals surface area contributed by atoms with E-state index in [1.165, 1.54) is 11.0 Å². The van der Waals surface area contributed by atoms with E-state index >= 15 is 0 Å². The van der Waals surface area contributed by atoms with Crippen LogP contribution in [0.4, 0.5) is 5.69 Å². The molecule has 2 fully saturated rings. The van der Waals surface area contributed by atoms with Gasteiger partial charge in [0.15, 0.2) is 16.4 Å². The van der Waals surface area contributed by atoms with Crippen LogP contribution in [0.2, 0.25) is 5.02 Å². The van der Waals surface area contributed by atoms with Crippen LogP contribution in [0.5, 0.6) is 0 Å². The Morgan fingerprint density at radius 1 is 1.26 bits per heavy atom. The van der Waals surface area contributed by atoms with E-state index in [2.05, 4.69) is 0 Å². The average Bonchev–Trinajstić information content (AvgIpc) is 3.35. The summed E-state index contributed by atoms with van der Waals surface area (Å²) in [6.07, 6.45) is 1.91. The molecule has 0 aromatic heterocycles. The Bertz CT molecular complexity index is 898. The summed E-state index contributed by atoms with van der Waals surface area (Å²) >= 11 is 5.78. The molecule has 0 unspecified atom stereocenters. The smallest absolute Gasteiger partial charge is 0.345 e. The number of halogens is 1. The fraction of sp³-hybridized carbons (Fsp3) is 0.500. The summed E-state index contributed by atoms with van der Waals surface area (Å²) in [6, 6.07) is 3.00. The van der Waals surface area contributed by atoms with Gasteiger partial charge in [0, 0.05) is 23.2 Å². The van der Waals surface area contributed by atoms with Gasteiger partial charge in [-0.1, -0.05) is 11.6 Å². The zero-order chi connectivity index (χ0) is 19.8. The maximum atomic E-state index is 12.5. The third-order valence-corrected chi connectivity index (χ3v) is 6.52. The number of nitrogens with zero attached hydrogens (tertiary/aromatic N) is 2. The zero-order valence-electron chi connectivity index (χ0n) is 14.2. The molecule has 1 aliphatic carbocycles. The van der Waals surface area contributed by atoms with Crippen molar-refractivity contribution in [2.45, 2.75) is 31.3 Å². The molecule has 9 nitrogen and oxygen atoms in total. The monoisotopic (exact) mass is 416 g/mol. The minimum Gasteiger partial charge on any atom is -0.452 e. The summed E-state index contributed by atoms with van der Waals surface area (Å²) < 4.78 is 28.4. The van der Waals surface area contributed by atoms with Gasteiger partial charge in [-0.15, -0.1) is 0 Å². The predicted molar refractivity (Wildman–Crippen MR) is 95.3 cm³/mol. The van der Waals surface area contributed by atoms with Crippen molar-refractivity contribution >= 4 is 39.0 Å². The van der Waals surface area contributed by atoms with E-state index in [0.29, 0.717) is 6.42 Å². The topological polar surface area (TPSA) is 124 Å². The maximum Gasteiger partial charge on any atom is 0.345 e. The van der Waals surface area contributed by atoms with Gasteiger partial charge in [0.2, 0.25) is 0 Å². The van der Waals surface area contributed by atoms with E-state index < -0.39 is 45.0 Å². The quantitative estimate of drug-likeness (QED) is 0.391. The van der Waals surface area contributed by atoms with Gasteiger partial charge in [0.1, 0.15) is 5.56 Å².